The zero-order chi connectivity index (χ0) is 12.7. The van der Waals surface area contributed by atoms with Crippen molar-refractivity contribution in [2.75, 3.05) is 0 Å². The van der Waals surface area contributed by atoms with E-state index in [1.807, 2.05) is 24.3 Å². The van der Waals surface area contributed by atoms with Crippen molar-refractivity contribution in [3.05, 3.63) is 52.4 Å². The number of hydrogen-bond acceptors (Lipinski definition) is 2. The van der Waals surface area contributed by atoms with Crippen LogP contribution in [0.3, 0.4) is 0 Å². The summed E-state index contributed by atoms with van der Waals surface area (Å²) in [6.07, 6.45) is 0.921. The Labute approximate surface area is 105 Å². The summed E-state index contributed by atoms with van der Waals surface area (Å²) in [5.41, 5.74) is 2.30. The van der Waals surface area contributed by atoms with E-state index in [1.54, 1.807) is 12.1 Å². The van der Waals surface area contributed by atoms with Crippen LogP contribution in [0.15, 0.2) is 36.4 Å². The van der Waals surface area contributed by atoms with Crippen LogP contribution in [-0.2, 0) is 0 Å². The van der Waals surface area contributed by atoms with Crippen LogP contribution in [0.5, 0.6) is 17.2 Å². The summed E-state index contributed by atoms with van der Waals surface area (Å²) in [5.74, 6) is 1.75. The van der Waals surface area contributed by atoms with E-state index in [0.717, 1.165) is 28.2 Å². The highest BCUT2D eigenvalue weighted by Crippen LogP contribution is 2.35. The summed E-state index contributed by atoms with van der Waals surface area (Å²) in [6, 6.07) is 11.2. The molecule has 90 valence electrons. The van der Waals surface area contributed by atoms with Gasteiger partial charge in [-0.2, -0.15) is 0 Å². The molecule has 18 heavy (non-hydrogen) atoms. The first-order valence-electron chi connectivity index (χ1n) is 6.02. The molecule has 2 nitrogen and oxygen atoms in total. The quantitative estimate of drug-likeness (QED) is 0.827. The van der Waals surface area contributed by atoms with Crippen LogP contribution in [0.1, 0.15) is 18.9 Å². The van der Waals surface area contributed by atoms with Crippen molar-refractivity contribution in [1.82, 2.24) is 0 Å². The third-order valence-corrected chi connectivity index (χ3v) is 3.23. The minimum Gasteiger partial charge on any atom is -0.508 e. The molecule has 0 unspecified atom stereocenters. The Morgan fingerprint density at radius 2 is 1.94 bits per heavy atom. The molecule has 0 amide bonds. The van der Waals surface area contributed by atoms with Crippen LogP contribution in [0.4, 0.5) is 0 Å². The van der Waals surface area contributed by atoms with Crippen LogP contribution < -0.4 is 15.2 Å². The maximum Gasteiger partial charge on any atom is 0.138 e. The molecule has 0 bridgehead atoms. The number of benzene rings is 2. The minimum atomic E-state index is 0.221. The van der Waals surface area contributed by atoms with Crippen molar-refractivity contribution >= 4 is 12.2 Å². The number of ether oxygens (including phenoxy) is 1. The van der Waals surface area contributed by atoms with Gasteiger partial charge in [0.1, 0.15) is 17.2 Å². The number of phenols is 1. The molecule has 2 aromatic rings. The fourth-order valence-electron chi connectivity index (χ4n) is 2.39. The summed E-state index contributed by atoms with van der Waals surface area (Å²) in [5, 5.41) is 11.6. The van der Waals surface area contributed by atoms with E-state index in [4.69, 9.17) is 4.74 Å². The largest absolute Gasteiger partial charge is 0.508 e. The lowest BCUT2D eigenvalue weighted by Gasteiger charge is -2.20. The van der Waals surface area contributed by atoms with Gasteiger partial charge in [0.05, 0.1) is 0 Å². The second-order valence-electron chi connectivity index (χ2n) is 4.45. The van der Waals surface area contributed by atoms with Gasteiger partial charge in [-0.15, -0.1) is 0 Å². The van der Waals surface area contributed by atoms with E-state index in [1.165, 1.54) is 5.57 Å². The Morgan fingerprint density at radius 3 is 2.72 bits per heavy atom. The molecule has 1 N–H and O–H groups in total. The van der Waals surface area contributed by atoms with E-state index in [-0.39, 0.29) is 5.75 Å². The lowest BCUT2D eigenvalue weighted by molar-refractivity contribution is 0.449. The van der Waals surface area contributed by atoms with Gasteiger partial charge in [0.15, 0.2) is 0 Å². The summed E-state index contributed by atoms with van der Waals surface area (Å²) < 4.78 is 5.85. The molecular weight excluding hydrogens is 224 g/mol. The molecule has 0 radical (unpaired) electrons. The topological polar surface area (TPSA) is 29.5 Å². The maximum absolute atomic E-state index is 9.55. The van der Waals surface area contributed by atoms with Crippen molar-refractivity contribution in [3.63, 3.8) is 0 Å². The first kappa shape index (κ1) is 10.9. The van der Waals surface area contributed by atoms with E-state index in [9.17, 15) is 5.11 Å². The zero-order valence-electron chi connectivity index (χ0n) is 10.2. The number of hydrogen-bond donors (Lipinski definition) is 1. The monoisotopic (exact) mass is 238 g/mol. The standard InChI is InChI=1S/C16H14O2/c1-3-12-13-6-4-10(2)8-15(13)18-16-9-11(17)5-7-14(12)16/h4-9,17H,2-3H2,1H3. The van der Waals surface area contributed by atoms with Crippen LogP contribution in [0.2, 0.25) is 0 Å². The second kappa shape index (κ2) is 3.91. The first-order valence-corrected chi connectivity index (χ1v) is 6.02. The Kier molecular flexibility index (Phi) is 2.37. The van der Waals surface area contributed by atoms with Crippen molar-refractivity contribution in [1.29, 1.82) is 0 Å². The predicted octanol–water partition coefficient (Wildman–Crippen LogP) is 2.52. The normalized spacial score (nSPS) is 12.6. The lowest BCUT2D eigenvalue weighted by Crippen LogP contribution is -2.18. The van der Waals surface area contributed by atoms with Gasteiger partial charge in [0, 0.05) is 16.8 Å². The van der Waals surface area contributed by atoms with E-state index in [2.05, 4.69) is 13.5 Å². The first-order chi connectivity index (χ1) is 8.69. The lowest BCUT2D eigenvalue weighted by atomic mass is 9.97. The Bertz CT molecular complexity index is 729. The molecule has 2 heteroatoms. The van der Waals surface area contributed by atoms with Gasteiger partial charge in [-0.25, -0.2) is 0 Å². The van der Waals surface area contributed by atoms with Gasteiger partial charge in [0.2, 0.25) is 0 Å². The third kappa shape index (κ3) is 1.58. The van der Waals surface area contributed by atoms with Gasteiger partial charge >= 0.3 is 0 Å². The number of fused-ring (bicyclic) bond motifs is 2. The average Bonchev–Trinajstić information content (AvgIpc) is 2.35. The fraction of sp³-hybridized carbons (Fsp3) is 0.125. The van der Waals surface area contributed by atoms with E-state index in [0.29, 0.717) is 5.75 Å². The molecule has 1 aliphatic rings. The van der Waals surface area contributed by atoms with Crippen molar-refractivity contribution in [3.8, 4) is 17.2 Å². The van der Waals surface area contributed by atoms with Gasteiger partial charge in [-0.1, -0.05) is 25.6 Å². The third-order valence-electron chi connectivity index (χ3n) is 3.23. The summed E-state index contributed by atoms with van der Waals surface area (Å²) in [4.78, 5) is 0. The molecule has 2 aromatic carbocycles. The molecule has 0 saturated carbocycles. The summed E-state index contributed by atoms with van der Waals surface area (Å²) in [6.45, 7) is 6.04. The smallest absolute Gasteiger partial charge is 0.138 e. The van der Waals surface area contributed by atoms with Crippen LogP contribution in [0.25, 0.3) is 12.2 Å². The summed E-state index contributed by atoms with van der Waals surface area (Å²) in [7, 11) is 0. The molecule has 0 aliphatic carbocycles. The van der Waals surface area contributed by atoms with Crippen molar-refractivity contribution in [2.24, 2.45) is 0 Å². The molecule has 0 fully saturated rings. The highest BCUT2D eigenvalue weighted by Gasteiger charge is 2.17. The van der Waals surface area contributed by atoms with Crippen molar-refractivity contribution in [2.45, 2.75) is 13.3 Å². The Balaban J connectivity index is 2.38. The molecule has 1 aliphatic heterocycles. The van der Waals surface area contributed by atoms with Crippen LogP contribution >= 0.6 is 0 Å². The molecule has 1 heterocycles. The molecule has 0 aromatic heterocycles. The van der Waals surface area contributed by atoms with E-state index < -0.39 is 0 Å². The molecule has 0 spiro atoms. The van der Waals surface area contributed by atoms with Gasteiger partial charge < -0.3 is 9.84 Å². The summed E-state index contributed by atoms with van der Waals surface area (Å²) >= 11 is 0. The fourth-order valence-corrected chi connectivity index (χ4v) is 2.39. The van der Waals surface area contributed by atoms with Gasteiger partial charge in [-0.3, -0.25) is 0 Å². The number of aromatic hydroxyl groups is 1. The van der Waals surface area contributed by atoms with Crippen LogP contribution in [0, 0.1) is 0 Å². The minimum absolute atomic E-state index is 0.221. The molecule has 0 saturated heterocycles. The number of rotatable bonds is 1. The van der Waals surface area contributed by atoms with Crippen LogP contribution in [-0.4, -0.2) is 5.11 Å². The van der Waals surface area contributed by atoms with Gasteiger partial charge in [-0.05, 0) is 35.4 Å². The maximum atomic E-state index is 9.55. The zero-order valence-corrected chi connectivity index (χ0v) is 10.2. The van der Waals surface area contributed by atoms with Crippen molar-refractivity contribution < 1.29 is 9.84 Å². The molecule has 3 rings (SSSR count). The molecular formula is C16H14O2. The SMILES string of the molecule is C=c1ccc2c(c1)Oc1cc(O)ccc1C=2CC. The predicted molar refractivity (Wildman–Crippen MR) is 72.2 cm³/mol. The highest BCUT2D eigenvalue weighted by molar-refractivity contribution is 5.74. The second-order valence-corrected chi connectivity index (χ2v) is 4.45. The number of phenolic OH excluding ortho intramolecular Hbond substituents is 1. The highest BCUT2D eigenvalue weighted by atomic mass is 16.5. The van der Waals surface area contributed by atoms with E-state index >= 15 is 0 Å². The Hall–Kier alpha value is -2.22. The Morgan fingerprint density at radius 1 is 1.11 bits per heavy atom. The molecule has 0 atom stereocenters. The average molecular weight is 238 g/mol. The van der Waals surface area contributed by atoms with Gasteiger partial charge in [0.25, 0.3) is 0 Å².